The van der Waals surface area contributed by atoms with Gasteiger partial charge in [-0.3, -0.25) is 4.79 Å². The van der Waals surface area contributed by atoms with E-state index in [1.54, 1.807) is 18.5 Å². The van der Waals surface area contributed by atoms with Gasteiger partial charge in [0.25, 0.3) is 0 Å². The lowest BCUT2D eigenvalue weighted by Gasteiger charge is -2.33. The number of halogens is 3. The van der Waals surface area contributed by atoms with Crippen molar-refractivity contribution in [3.05, 3.63) is 53.6 Å². The second-order valence-corrected chi connectivity index (χ2v) is 8.15. The molecule has 2 heterocycles. The molecule has 162 valence electrons. The summed E-state index contributed by atoms with van der Waals surface area (Å²) in [6.45, 7) is 1.86. The second kappa shape index (κ2) is 8.79. The molecule has 0 unspecified atom stereocenters. The first-order chi connectivity index (χ1) is 14.4. The molecule has 30 heavy (non-hydrogen) atoms. The Kier molecular flexibility index (Phi) is 6.13. The standard InChI is InChI=1S/C22H26F3N3O2/c23-22(24,25)18-7-1-4-16(12-18)13-27-10-9-26-20(27)15-28(14-19-8-3-11-30-19)21(29)17-5-2-6-17/h1,4,7,9-10,12,17,19H,2-3,5-6,8,11,13-15H2/t19-/m1/s1. The molecule has 0 N–H and O–H groups in total. The molecule has 2 aliphatic rings. The molecule has 0 bridgehead atoms. The molecule has 0 radical (unpaired) electrons. The SMILES string of the molecule is O=C(C1CCC1)N(Cc1nccn1Cc1cccc(C(F)(F)F)c1)C[C@H]1CCCO1. The topological polar surface area (TPSA) is 47.4 Å². The number of hydrogen-bond acceptors (Lipinski definition) is 3. The number of benzene rings is 1. The van der Waals surface area contributed by atoms with E-state index in [9.17, 15) is 18.0 Å². The molecule has 1 saturated carbocycles. The fourth-order valence-electron chi connectivity index (χ4n) is 4.03. The van der Waals surface area contributed by atoms with E-state index < -0.39 is 11.7 Å². The molecule has 2 fully saturated rings. The molecule has 2 aromatic rings. The van der Waals surface area contributed by atoms with Crippen molar-refractivity contribution < 1.29 is 22.7 Å². The van der Waals surface area contributed by atoms with Gasteiger partial charge in [-0.2, -0.15) is 13.2 Å². The Bertz CT molecular complexity index is 871. The third-order valence-corrected chi connectivity index (χ3v) is 5.96. The summed E-state index contributed by atoms with van der Waals surface area (Å²) in [5.74, 6) is 0.863. The van der Waals surface area contributed by atoms with E-state index in [1.807, 2.05) is 9.47 Å². The van der Waals surface area contributed by atoms with Crippen LogP contribution in [0.15, 0.2) is 36.7 Å². The number of amides is 1. The van der Waals surface area contributed by atoms with E-state index in [4.69, 9.17) is 4.74 Å². The molecule has 1 aromatic carbocycles. The van der Waals surface area contributed by atoms with Crippen LogP contribution in [-0.2, 0) is 28.8 Å². The van der Waals surface area contributed by atoms with Gasteiger partial charge in [0.05, 0.1) is 18.2 Å². The summed E-state index contributed by atoms with van der Waals surface area (Å²) in [6, 6.07) is 5.31. The molecule has 1 aromatic heterocycles. The number of alkyl halides is 3. The predicted octanol–water partition coefficient (Wildman–Crippen LogP) is 4.26. The zero-order valence-electron chi connectivity index (χ0n) is 16.8. The van der Waals surface area contributed by atoms with Gasteiger partial charge in [-0.05, 0) is 43.4 Å². The van der Waals surface area contributed by atoms with Crippen LogP contribution in [0.2, 0.25) is 0 Å². The van der Waals surface area contributed by atoms with Crippen LogP contribution in [0.25, 0.3) is 0 Å². The molecule has 4 rings (SSSR count). The van der Waals surface area contributed by atoms with Crippen LogP contribution >= 0.6 is 0 Å². The average molecular weight is 421 g/mol. The van der Waals surface area contributed by atoms with Crippen molar-refractivity contribution in [1.29, 1.82) is 0 Å². The fraction of sp³-hybridized carbons (Fsp3) is 0.545. The van der Waals surface area contributed by atoms with Gasteiger partial charge in [0.15, 0.2) is 0 Å². The molecule has 1 saturated heterocycles. The van der Waals surface area contributed by atoms with Gasteiger partial charge in [-0.1, -0.05) is 18.6 Å². The van der Waals surface area contributed by atoms with Crippen LogP contribution in [0, 0.1) is 5.92 Å². The first kappa shape index (κ1) is 20.9. The quantitative estimate of drug-likeness (QED) is 0.671. The average Bonchev–Trinajstić information content (AvgIpc) is 3.32. The normalized spacial score (nSPS) is 19.6. The van der Waals surface area contributed by atoms with Gasteiger partial charge in [-0.25, -0.2) is 4.98 Å². The van der Waals surface area contributed by atoms with Gasteiger partial charge in [0, 0.05) is 38.0 Å². The molecule has 1 aliphatic carbocycles. The fourth-order valence-corrected chi connectivity index (χ4v) is 4.03. The Morgan fingerprint density at radius 1 is 1.23 bits per heavy atom. The number of carbonyl (C=O) groups is 1. The van der Waals surface area contributed by atoms with Crippen LogP contribution in [0.1, 0.15) is 49.1 Å². The Hall–Kier alpha value is -2.35. The van der Waals surface area contributed by atoms with Crippen molar-refractivity contribution in [3.8, 4) is 0 Å². The summed E-state index contributed by atoms with van der Waals surface area (Å²) < 4.78 is 46.6. The molecule has 1 aliphatic heterocycles. The van der Waals surface area contributed by atoms with Crippen LogP contribution in [-0.4, -0.2) is 39.6 Å². The third kappa shape index (κ3) is 4.86. The highest BCUT2D eigenvalue weighted by Gasteiger charge is 2.32. The van der Waals surface area contributed by atoms with Crippen molar-refractivity contribution in [2.45, 2.75) is 57.5 Å². The van der Waals surface area contributed by atoms with Gasteiger partial charge < -0.3 is 14.2 Å². The molecule has 8 heteroatoms. The van der Waals surface area contributed by atoms with E-state index in [2.05, 4.69) is 4.98 Å². The Morgan fingerprint density at radius 3 is 2.73 bits per heavy atom. The van der Waals surface area contributed by atoms with E-state index in [0.717, 1.165) is 50.8 Å². The minimum absolute atomic E-state index is 0.0425. The molecule has 5 nitrogen and oxygen atoms in total. The van der Waals surface area contributed by atoms with Crippen LogP contribution < -0.4 is 0 Å². The minimum atomic E-state index is -4.37. The lowest BCUT2D eigenvalue weighted by Crippen LogP contribution is -2.42. The second-order valence-electron chi connectivity index (χ2n) is 8.15. The molecular formula is C22H26F3N3O2. The number of aromatic nitrogens is 2. The molecule has 1 amide bonds. The smallest absolute Gasteiger partial charge is 0.376 e. The number of ether oxygens (including phenoxy) is 1. The molecule has 0 spiro atoms. The maximum absolute atomic E-state index is 13.0. The number of imidazole rings is 1. The number of hydrogen-bond donors (Lipinski definition) is 0. The lowest BCUT2D eigenvalue weighted by molar-refractivity contribution is -0.140. The zero-order chi connectivity index (χ0) is 21.1. The van der Waals surface area contributed by atoms with Crippen LogP contribution in [0.5, 0.6) is 0 Å². The van der Waals surface area contributed by atoms with E-state index in [0.29, 0.717) is 24.5 Å². The van der Waals surface area contributed by atoms with Crippen molar-refractivity contribution in [3.63, 3.8) is 0 Å². The largest absolute Gasteiger partial charge is 0.416 e. The molecule has 1 atom stereocenters. The van der Waals surface area contributed by atoms with Gasteiger partial charge >= 0.3 is 6.18 Å². The lowest BCUT2D eigenvalue weighted by atomic mass is 9.84. The predicted molar refractivity (Wildman–Crippen MR) is 105 cm³/mol. The van der Waals surface area contributed by atoms with E-state index >= 15 is 0 Å². The summed E-state index contributed by atoms with van der Waals surface area (Å²) in [6.07, 6.45) is 3.89. The number of carbonyl (C=O) groups excluding carboxylic acids is 1. The van der Waals surface area contributed by atoms with Gasteiger partial charge in [0.2, 0.25) is 5.91 Å². The summed E-state index contributed by atoms with van der Waals surface area (Å²) in [7, 11) is 0. The summed E-state index contributed by atoms with van der Waals surface area (Å²) in [5.41, 5.74) is -0.123. The Morgan fingerprint density at radius 2 is 2.07 bits per heavy atom. The monoisotopic (exact) mass is 421 g/mol. The van der Waals surface area contributed by atoms with Gasteiger partial charge in [0.1, 0.15) is 5.82 Å². The van der Waals surface area contributed by atoms with Crippen molar-refractivity contribution >= 4 is 5.91 Å². The van der Waals surface area contributed by atoms with Crippen molar-refractivity contribution in [1.82, 2.24) is 14.5 Å². The summed E-state index contributed by atoms with van der Waals surface area (Å²) in [5, 5.41) is 0. The van der Waals surface area contributed by atoms with Crippen molar-refractivity contribution in [2.24, 2.45) is 5.92 Å². The third-order valence-electron chi connectivity index (χ3n) is 5.96. The number of rotatable bonds is 7. The maximum atomic E-state index is 13.0. The van der Waals surface area contributed by atoms with E-state index in [1.165, 1.54) is 6.07 Å². The first-order valence-electron chi connectivity index (χ1n) is 10.5. The summed E-state index contributed by atoms with van der Waals surface area (Å²) in [4.78, 5) is 19.2. The van der Waals surface area contributed by atoms with Crippen LogP contribution in [0.4, 0.5) is 13.2 Å². The summed E-state index contributed by atoms with van der Waals surface area (Å²) >= 11 is 0. The van der Waals surface area contributed by atoms with Gasteiger partial charge in [-0.15, -0.1) is 0 Å². The minimum Gasteiger partial charge on any atom is -0.376 e. The van der Waals surface area contributed by atoms with Crippen molar-refractivity contribution in [2.75, 3.05) is 13.2 Å². The highest BCUT2D eigenvalue weighted by atomic mass is 19.4. The van der Waals surface area contributed by atoms with E-state index in [-0.39, 0.29) is 24.5 Å². The number of nitrogens with zero attached hydrogens (tertiary/aromatic N) is 3. The van der Waals surface area contributed by atoms with Crippen LogP contribution in [0.3, 0.4) is 0 Å². The maximum Gasteiger partial charge on any atom is 0.416 e. The zero-order valence-corrected chi connectivity index (χ0v) is 16.8. The Labute approximate surface area is 173 Å². The molecular weight excluding hydrogens is 395 g/mol. The first-order valence-corrected chi connectivity index (χ1v) is 10.5. The highest BCUT2D eigenvalue weighted by Crippen LogP contribution is 2.31. The highest BCUT2D eigenvalue weighted by molar-refractivity contribution is 5.79. The Balaban J connectivity index is 1.49.